The van der Waals surface area contributed by atoms with Gasteiger partial charge in [0, 0.05) is 32.7 Å². The average Bonchev–Trinajstić information content (AvgIpc) is 2.62. The number of hydrogen-bond donors (Lipinski definition) is 4. The van der Waals surface area contributed by atoms with Crippen molar-refractivity contribution in [3.63, 3.8) is 0 Å². The molecule has 24 heavy (non-hydrogen) atoms. The van der Waals surface area contributed by atoms with Crippen LogP contribution in [0.2, 0.25) is 0 Å². The number of aliphatic hydroxyl groups excluding tert-OH is 4. The Morgan fingerprint density at radius 2 is 1.25 bits per heavy atom. The van der Waals surface area contributed by atoms with Gasteiger partial charge in [0.2, 0.25) is 6.29 Å². The van der Waals surface area contributed by atoms with E-state index in [1.165, 1.54) is 0 Å². The van der Waals surface area contributed by atoms with E-state index in [9.17, 15) is 0 Å². The van der Waals surface area contributed by atoms with Crippen LogP contribution in [-0.2, 0) is 32.7 Å². The van der Waals surface area contributed by atoms with Crippen LogP contribution in [0, 0.1) is 0 Å². The van der Waals surface area contributed by atoms with Gasteiger partial charge in [-0.2, -0.15) is 0 Å². The number of benzene rings is 2. The zero-order valence-electron chi connectivity index (χ0n) is 13.2. The standard InChI is InChI=1S/C9H12O3.C8H10O3.Y/c10-6-8(11)7-12-9-4-2-1-3-5-9;9-6-8(10)11-7-4-2-1-3-5-7;/h1-5,8,10-11H,6-7H2;1-5,8-10H,6H2;. The van der Waals surface area contributed by atoms with Gasteiger partial charge in [-0.3, -0.25) is 0 Å². The summed E-state index contributed by atoms with van der Waals surface area (Å²) < 4.78 is 10.0. The zero-order valence-corrected chi connectivity index (χ0v) is 16.1. The third-order valence-corrected chi connectivity index (χ3v) is 2.57. The summed E-state index contributed by atoms with van der Waals surface area (Å²) in [6.07, 6.45) is -1.93. The van der Waals surface area contributed by atoms with E-state index in [1.807, 2.05) is 24.3 Å². The molecule has 2 aromatic carbocycles. The van der Waals surface area contributed by atoms with Gasteiger partial charge in [-0.05, 0) is 24.3 Å². The first-order chi connectivity index (χ1) is 11.2. The summed E-state index contributed by atoms with van der Waals surface area (Å²) in [7, 11) is 0. The third kappa shape index (κ3) is 10.7. The molecule has 4 N–H and O–H groups in total. The van der Waals surface area contributed by atoms with Crippen molar-refractivity contribution in [2.45, 2.75) is 12.4 Å². The van der Waals surface area contributed by atoms with Gasteiger partial charge in [-0.15, -0.1) is 0 Å². The van der Waals surface area contributed by atoms with Crippen molar-refractivity contribution in [3.8, 4) is 11.5 Å². The molecule has 129 valence electrons. The van der Waals surface area contributed by atoms with Crippen LogP contribution in [-0.4, -0.2) is 52.6 Å². The number of hydrogen-bond acceptors (Lipinski definition) is 6. The van der Waals surface area contributed by atoms with E-state index in [0.717, 1.165) is 0 Å². The molecule has 6 nitrogen and oxygen atoms in total. The van der Waals surface area contributed by atoms with E-state index in [0.29, 0.717) is 11.5 Å². The molecule has 0 bridgehead atoms. The van der Waals surface area contributed by atoms with Crippen molar-refractivity contribution in [3.05, 3.63) is 60.7 Å². The predicted molar refractivity (Wildman–Crippen MR) is 85.2 cm³/mol. The zero-order chi connectivity index (χ0) is 16.9. The van der Waals surface area contributed by atoms with Crippen molar-refractivity contribution < 1.29 is 62.6 Å². The van der Waals surface area contributed by atoms with E-state index in [-0.39, 0.29) is 45.9 Å². The van der Waals surface area contributed by atoms with E-state index in [4.69, 9.17) is 29.9 Å². The second-order valence-electron chi connectivity index (χ2n) is 4.53. The first-order valence-corrected chi connectivity index (χ1v) is 7.13. The summed E-state index contributed by atoms with van der Waals surface area (Å²) in [5.41, 5.74) is 0. The monoisotopic (exact) mass is 411 g/mol. The fourth-order valence-corrected chi connectivity index (χ4v) is 1.46. The molecule has 0 spiro atoms. The maximum absolute atomic E-state index is 8.94. The van der Waals surface area contributed by atoms with Gasteiger partial charge in [0.15, 0.2) is 0 Å². The van der Waals surface area contributed by atoms with Gasteiger partial charge >= 0.3 is 0 Å². The van der Waals surface area contributed by atoms with Crippen molar-refractivity contribution in [2.75, 3.05) is 19.8 Å². The molecule has 0 aromatic heterocycles. The van der Waals surface area contributed by atoms with Gasteiger partial charge in [0.05, 0.1) is 6.61 Å². The molecule has 2 atom stereocenters. The molecule has 0 saturated carbocycles. The first kappa shape index (κ1) is 23.0. The Morgan fingerprint density at radius 1 is 0.750 bits per heavy atom. The van der Waals surface area contributed by atoms with E-state index < -0.39 is 19.0 Å². The molecular weight excluding hydrogens is 389 g/mol. The molecule has 0 amide bonds. The van der Waals surface area contributed by atoms with E-state index in [2.05, 4.69) is 0 Å². The normalized spacial score (nSPS) is 12.0. The minimum Gasteiger partial charge on any atom is -0.491 e. The molecule has 1 radical (unpaired) electrons. The van der Waals surface area contributed by atoms with Crippen molar-refractivity contribution in [2.24, 2.45) is 0 Å². The van der Waals surface area contributed by atoms with Crippen LogP contribution in [0.4, 0.5) is 0 Å². The molecule has 2 rings (SSSR count). The summed E-state index contributed by atoms with van der Waals surface area (Å²) in [5, 5.41) is 34.7. The molecule has 0 saturated heterocycles. The van der Waals surface area contributed by atoms with Gasteiger partial charge in [0.1, 0.15) is 30.8 Å². The maximum atomic E-state index is 8.94. The van der Waals surface area contributed by atoms with Crippen LogP contribution < -0.4 is 9.47 Å². The van der Waals surface area contributed by atoms with E-state index in [1.54, 1.807) is 36.4 Å². The number of para-hydroxylation sites is 2. The van der Waals surface area contributed by atoms with Gasteiger partial charge < -0.3 is 29.9 Å². The number of aliphatic hydroxyl groups is 4. The molecule has 0 heterocycles. The van der Waals surface area contributed by atoms with Crippen molar-refractivity contribution in [1.29, 1.82) is 0 Å². The Hall–Kier alpha value is -1.02. The molecule has 7 heteroatoms. The Balaban J connectivity index is 0.000000425. The summed E-state index contributed by atoms with van der Waals surface area (Å²) in [5.74, 6) is 1.25. The Kier molecular flexibility index (Phi) is 13.7. The minimum atomic E-state index is -1.13. The van der Waals surface area contributed by atoms with Gasteiger partial charge in [-0.1, -0.05) is 36.4 Å². The average molecular weight is 411 g/mol. The van der Waals surface area contributed by atoms with Gasteiger partial charge in [-0.25, -0.2) is 0 Å². The number of rotatable bonds is 7. The third-order valence-electron chi connectivity index (χ3n) is 2.57. The topological polar surface area (TPSA) is 99.4 Å². The summed E-state index contributed by atoms with van der Waals surface area (Å²) in [6, 6.07) is 18.0. The van der Waals surface area contributed by atoms with E-state index >= 15 is 0 Å². The minimum absolute atomic E-state index is 0. The Labute approximate surface area is 166 Å². The molecular formula is C17H22O6Y. The fourth-order valence-electron chi connectivity index (χ4n) is 1.46. The molecule has 2 aromatic rings. The van der Waals surface area contributed by atoms with Crippen LogP contribution in [0.15, 0.2) is 60.7 Å². The maximum Gasteiger partial charge on any atom is 0.220 e. The van der Waals surface area contributed by atoms with Crippen molar-refractivity contribution in [1.82, 2.24) is 0 Å². The largest absolute Gasteiger partial charge is 0.491 e. The second kappa shape index (κ2) is 14.3. The molecule has 0 fully saturated rings. The van der Waals surface area contributed by atoms with Crippen LogP contribution in [0.3, 0.4) is 0 Å². The van der Waals surface area contributed by atoms with Crippen LogP contribution in [0.1, 0.15) is 0 Å². The summed E-state index contributed by atoms with van der Waals surface area (Å²) >= 11 is 0. The van der Waals surface area contributed by atoms with Crippen LogP contribution in [0.25, 0.3) is 0 Å². The Bertz CT molecular complexity index is 511. The summed E-state index contributed by atoms with van der Waals surface area (Å²) in [4.78, 5) is 0. The van der Waals surface area contributed by atoms with Crippen LogP contribution in [0.5, 0.6) is 11.5 Å². The molecule has 0 aliphatic rings. The SMILES string of the molecule is OCC(O)COc1ccccc1.OCC(O)Oc1ccccc1.[Y]. The fraction of sp³-hybridized carbons (Fsp3) is 0.294. The number of ether oxygens (including phenoxy) is 2. The van der Waals surface area contributed by atoms with Gasteiger partial charge in [0.25, 0.3) is 0 Å². The van der Waals surface area contributed by atoms with Crippen LogP contribution >= 0.6 is 0 Å². The molecule has 2 unspecified atom stereocenters. The second-order valence-corrected chi connectivity index (χ2v) is 4.53. The quantitative estimate of drug-likeness (QED) is 0.503. The molecule has 0 aliphatic carbocycles. The predicted octanol–water partition coefficient (Wildman–Crippen LogP) is 0.792. The molecule has 0 aliphatic heterocycles. The first-order valence-electron chi connectivity index (χ1n) is 7.13. The Morgan fingerprint density at radius 3 is 1.71 bits per heavy atom. The smallest absolute Gasteiger partial charge is 0.220 e. The van der Waals surface area contributed by atoms with Crippen molar-refractivity contribution >= 4 is 0 Å². The summed E-state index contributed by atoms with van der Waals surface area (Å²) in [6.45, 7) is -0.539.